The Labute approximate surface area is 123 Å². The van der Waals surface area contributed by atoms with Crippen molar-refractivity contribution < 1.29 is 4.79 Å². The van der Waals surface area contributed by atoms with E-state index in [0.717, 1.165) is 36.2 Å². The van der Waals surface area contributed by atoms with Gasteiger partial charge in [-0.3, -0.25) is 4.79 Å². The van der Waals surface area contributed by atoms with Gasteiger partial charge in [0.05, 0.1) is 10.7 Å². The second kappa shape index (κ2) is 5.55. The number of hydrogen-bond donors (Lipinski definition) is 2. The summed E-state index contributed by atoms with van der Waals surface area (Å²) in [4.78, 5) is 12.4. The summed E-state index contributed by atoms with van der Waals surface area (Å²) in [6.45, 7) is 0.961. The van der Waals surface area contributed by atoms with Gasteiger partial charge in [-0.05, 0) is 42.7 Å². The Kier molecular flexibility index (Phi) is 3.61. The van der Waals surface area contributed by atoms with Gasteiger partial charge >= 0.3 is 0 Å². The Morgan fingerprint density at radius 2 is 2.00 bits per heavy atom. The average molecular weight is 287 g/mol. The van der Waals surface area contributed by atoms with Crippen molar-refractivity contribution in [3.63, 3.8) is 0 Å². The molecule has 0 saturated carbocycles. The number of halogens is 1. The van der Waals surface area contributed by atoms with E-state index < -0.39 is 0 Å². The maximum absolute atomic E-state index is 12.4. The van der Waals surface area contributed by atoms with Crippen molar-refractivity contribution in [1.82, 2.24) is 0 Å². The molecule has 0 unspecified atom stereocenters. The van der Waals surface area contributed by atoms with E-state index in [4.69, 9.17) is 11.6 Å². The molecule has 0 bridgehead atoms. The molecule has 0 radical (unpaired) electrons. The molecule has 2 aromatic carbocycles. The molecule has 0 atom stereocenters. The maximum atomic E-state index is 12.4. The molecule has 0 fully saturated rings. The number of carbonyl (C=O) groups is 1. The molecule has 0 aromatic heterocycles. The van der Waals surface area contributed by atoms with E-state index in [1.165, 1.54) is 0 Å². The van der Waals surface area contributed by atoms with E-state index in [1.54, 1.807) is 12.1 Å². The summed E-state index contributed by atoms with van der Waals surface area (Å²) >= 11 is 6.07. The number of para-hydroxylation sites is 1. The highest BCUT2D eigenvalue weighted by Crippen LogP contribution is 2.27. The Balaban J connectivity index is 1.90. The lowest BCUT2D eigenvalue weighted by molar-refractivity contribution is 0.102. The lowest BCUT2D eigenvalue weighted by atomic mass is 9.97. The van der Waals surface area contributed by atoms with Crippen molar-refractivity contribution >= 4 is 28.9 Å². The van der Waals surface area contributed by atoms with Crippen LogP contribution in [0.5, 0.6) is 0 Å². The van der Waals surface area contributed by atoms with Gasteiger partial charge in [-0.2, -0.15) is 0 Å². The van der Waals surface area contributed by atoms with Gasteiger partial charge < -0.3 is 10.6 Å². The lowest BCUT2D eigenvalue weighted by Gasteiger charge is -2.20. The predicted molar refractivity (Wildman–Crippen MR) is 82.7 cm³/mol. The number of fused-ring (bicyclic) bond motifs is 1. The van der Waals surface area contributed by atoms with Crippen LogP contribution in [0.15, 0.2) is 42.5 Å². The molecular weight excluding hydrogens is 272 g/mol. The first-order chi connectivity index (χ1) is 9.75. The fourth-order valence-electron chi connectivity index (χ4n) is 2.47. The van der Waals surface area contributed by atoms with E-state index in [9.17, 15) is 4.79 Å². The van der Waals surface area contributed by atoms with E-state index in [0.29, 0.717) is 10.7 Å². The number of carbonyl (C=O) groups excluding carboxylic acids is 1. The Morgan fingerprint density at radius 3 is 2.85 bits per heavy atom. The van der Waals surface area contributed by atoms with Gasteiger partial charge in [0.2, 0.25) is 0 Å². The standard InChI is InChI=1S/C16H15ClN2O/c17-13-7-1-2-8-15(13)19-16(20)12-5-3-9-14-11(12)6-4-10-18-14/h1-3,5,7-9,18H,4,6,10H2,(H,19,20). The minimum Gasteiger partial charge on any atom is -0.385 e. The summed E-state index contributed by atoms with van der Waals surface area (Å²) in [6.07, 6.45) is 1.97. The van der Waals surface area contributed by atoms with Crippen LogP contribution in [0.1, 0.15) is 22.3 Å². The largest absolute Gasteiger partial charge is 0.385 e. The second-order valence-corrected chi connectivity index (χ2v) is 5.20. The van der Waals surface area contributed by atoms with Gasteiger partial charge in [0, 0.05) is 17.8 Å². The highest BCUT2D eigenvalue weighted by molar-refractivity contribution is 6.33. The van der Waals surface area contributed by atoms with Crippen LogP contribution in [-0.4, -0.2) is 12.5 Å². The van der Waals surface area contributed by atoms with Crippen molar-refractivity contribution in [3.8, 4) is 0 Å². The molecule has 0 aliphatic carbocycles. The zero-order valence-corrected chi connectivity index (χ0v) is 11.7. The molecule has 3 nitrogen and oxygen atoms in total. The first-order valence-electron chi connectivity index (χ1n) is 6.67. The van der Waals surface area contributed by atoms with Crippen LogP contribution < -0.4 is 10.6 Å². The molecule has 1 amide bonds. The normalized spacial score (nSPS) is 13.2. The first kappa shape index (κ1) is 13.0. The molecule has 2 N–H and O–H groups in total. The van der Waals surface area contributed by atoms with Gasteiger partial charge in [0.25, 0.3) is 5.91 Å². The minimum atomic E-state index is -0.112. The van der Waals surface area contributed by atoms with Crippen molar-refractivity contribution in [3.05, 3.63) is 58.6 Å². The Hall–Kier alpha value is -2.00. The molecule has 4 heteroatoms. The van der Waals surface area contributed by atoms with Gasteiger partial charge in [-0.25, -0.2) is 0 Å². The summed E-state index contributed by atoms with van der Waals surface area (Å²) in [7, 11) is 0. The molecule has 0 saturated heterocycles. The smallest absolute Gasteiger partial charge is 0.256 e. The monoisotopic (exact) mass is 286 g/mol. The molecular formula is C16H15ClN2O. The molecule has 1 heterocycles. The zero-order chi connectivity index (χ0) is 13.9. The van der Waals surface area contributed by atoms with Crippen LogP contribution in [0, 0.1) is 0 Å². The van der Waals surface area contributed by atoms with Crippen LogP contribution in [0.2, 0.25) is 5.02 Å². The SMILES string of the molecule is O=C(Nc1ccccc1Cl)c1cccc2c1CCCN2. The van der Waals surface area contributed by atoms with E-state index in [2.05, 4.69) is 10.6 Å². The minimum absolute atomic E-state index is 0.112. The molecule has 102 valence electrons. The molecule has 1 aliphatic heterocycles. The Bertz CT molecular complexity index is 655. The van der Waals surface area contributed by atoms with Crippen molar-refractivity contribution in [2.75, 3.05) is 17.2 Å². The third kappa shape index (κ3) is 2.49. The van der Waals surface area contributed by atoms with Crippen molar-refractivity contribution in [1.29, 1.82) is 0 Å². The number of anilines is 2. The van der Waals surface area contributed by atoms with Gasteiger partial charge in [-0.15, -0.1) is 0 Å². The van der Waals surface area contributed by atoms with Gasteiger partial charge in [0.15, 0.2) is 0 Å². The van der Waals surface area contributed by atoms with Gasteiger partial charge in [-0.1, -0.05) is 29.8 Å². The van der Waals surface area contributed by atoms with Crippen LogP contribution in [0.25, 0.3) is 0 Å². The van der Waals surface area contributed by atoms with Crippen LogP contribution in [0.4, 0.5) is 11.4 Å². The van der Waals surface area contributed by atoms with Crippen LogP contribution in [-0.2, 0) is 6.42 Å². The third-order valence-electron chi connectivity index (χ3n) is 3.46. The summed E-state index contributed by atoms with van der Waals surface area (Å²) in [5, 5.41) is 6.75. The third-order valence-corrected chi connectivity index (χ3v) is 3.79. The van der Waals surface area contributed by atoms with Crippen LogP contribution in [0.3, 0.4) is 0 Å². The summed E-state index contributed by atoms with van der Waals surface area (Å²) in [5.74, 6) is -0.112. The molecule has 1 aliphatic rings. The van der Waals surface area contributed by atoms with Gasteiger partial charge in [0.1, 0.15) is 0 Å². The topological polar surface area (TPSA) is 41.1 Å². The number of hydrogen-bond acceptors (Lipinski definition) is 2. The maximum Gasteiger partial charge on any atom is 0.256 e. The number of benzene rings is 2. The highest BCUT2D eigenvalue weighted by atomic mass is 35.5. The van der Waals surface area contributed by atoms with Crippen LogP contribution >= 0.6 is 11.6 Å². The number of amides is 1. The predicted octanol–water partition coefficient (Wildman–Crippen LogP) is 3.95. The van der Waals surface area contributed by atoms with Crippen molar-refractivity contribution in [2.45, 2.75) is 12.8 Å². The number of rotatable bonds is 2. The molecule has 2 aromatic rings. The summed E-state index contributed by atoms with van der Waals surface area (Å²) in [6, 6.07) is 13.0. The average Bonchev–Trinajstić information content (AvgIpc) is 2.49. The molecule has 20 heavy (non-hydrogen) atoms. The Morgan fingerprint density at radius 1 is 1.15 bits per heavy atom. The summed E-state index contributed by atoms with van der Waals surface area (Å²) in [5.41, 5.74) is 3.50. The highest BCUT2D eigenvalue weighted by Gasteiger charge is 2.17. The van der Waals surface area contributed by atoms with E-state index in [1.807, 2.05) is 30.3 Å². The van der Waals surface area contributed by atoms with E-state index in [-0.39, 0.29) is 5.91 Å². The first-order valence-corrected chi connectivity index (χ1v) is 7.05. The molecule has 3 rings (SSSR count). The fraction of sp³-hybridized carbons (Fsp3) is 0.188. The van der Waals surface area contributed by atoms with E-state index >= 15 is 0 Å². The van der Waals surface area contributed by atoms with Crippen molar-refractivity contribution in [2.24, 2.45) is 0 Å². The zero-order valence-electron chi connectivity index (χ0n) is 10.9. The second-order valence-electron chi connectivity index (χ2n) is 4.80. The number of nitrogens with one attached hydrogen (secondary N) is 2. The summed E-state index contributed by atoms with van der Waals surface area (Å²) < 4.78 is 0. The quantitative estimate of drug-likeness (QED) is 0.878. The molecule has 0 spiro atoms. The lowest BCUT2D eigenvalue weighted by Crippen LogP contribution is -2.19. The fourth-order valence-corrected chi connectivity index (χ4v) is 2.66.